The number of fused-ring (bicyclic) bond motifs is 1. The van der Waals surface area contributed by atoms with Crippen LogP contribution in [0.1, 0.15) is 17.7 Å². The maximum Gasteiger partial charge on any atom is 0.573 e. The molecule has 0 saturated carbocycles. The zero-order valence-corrected chi connectivity index (χ0v) is 19.5. The molecule has 10 heteroatoms. The van der Waals surface area contributed by atoms with E-state index in [0.29, 0.717) is 11.3 Å². The highest BCUT2D eigenvalue weighted by Crippen LogP contribution is 2.24. The highest BCUT2D eigenvalue weighted by atomic mass is 19.4. The van der Waals surface area contributed by atoms with Gasteiger partial charge < -0.3 is 19.9 Å². The Morgan fingerprint density at radius 1 is 1.06 bits per heavy atom. The van der Waals surface area contributed by atoms with Gasteiger partial charge in [-0.15, -0.1) is 13.2 Å². The Bertz CT molecular complexity index is 1230. The standard InChI is InChI=1S/C25H26F3N5O2/c1-17-21-16-19(7-10-22(21)31-24(29-17)33-13-3-12-32(2)14-15-33)30-23(34)11-6-18-4-8-20(9-5-18)35-25(26,27)28/h4-11,16H,3,12-15H2,1-2H3,(H,30,34). The number of amides is 1. The molecule has 2 heterocycles. The summed E-state index contributed by atoms with van der Waals surface area (Å²) in [6.45, 7) is 5.73. The first-order valence-electron chi connectivity index (χ1n) is 11.2. The smallest absolute Gasteiger partial charge is 0.406 e. The summed E-state index contributed by atoms with van der Waals surface area (Å²) in [6.07, 6.45) is -0.869. The van der Waals surface area contributed by atoms with Crippen LogP contribution < -0.4 is 15.0 Å². The summed E-state index contributed by atoms with van der Waals surface area (Å²) in [7, 11) is 2.12. The van der Waals surface area contributed by atoms with Crippen LogP contribution in [0, 0.1) is 6.92 Å². The lowest BCUT2D eigenvalue weighted by Gasteiger charge is -2.21. The summed E-state index contributed by atoms with van der Waals surface area (Å²) >= 11 is 0. The molecule has 4 rings (SSSR count). The van der Waals surface area contributed by atoms with Gasteiger partial charge in [0.1, 0.15) is 5.75 Å². The van der Waals surface area contributed by atoms with Crippen molar-refractivity contribution in [2.45, 2.75) is 19.7 Å². The van der Waals surface area contributed by atoms with Crippen molar-refractivity contribution < 1.29 is 22.7 Å². The van der Waals surface area contributed by atoms with Crippen molar-refractivity contribution in [2.24, 2.45) is 0 Å². The van der Waals surface area contributed by atoms with Gasteiger partial charge in [-0.25, -0.2) is 9.97 Å². The van der Waals surface area contributed by atoms with Crippen molar-refractivity contribution in [1.82, 2.24) is 14.9 Å². The van der Waals surface area contributed by atoms with Crippen LogP contribution in [0.3, 0.4) is 0 Å². The highest BCUT2D eigenvalue weighted by Gasteiger charge is 2.30. The molecule has 1 N–H and O–H groups in total. The molecule has 1 saturated heterocycles. The number of alkyl halides is 3. The number of carbonyl (C=O) groups is 1. The van der Waals surface area contributed by atoms with Crippen LogP contribution in [0.2, 0.25) is 0 Å². The average molecular weight is 486 g/mol. The second-order valence-corrected chi connectivity index (χ2v) is 8.42. The number of halogens is 3. The van der Waals surface area contributed by atoms with E-state index in [-0.39, 0.29) is 11.7 Å². The van der Waals surface area contributed by atoms with Gasteiger partial charge in [0.25, 0.3) is 0 Å². The van der Waals surface area contributed by atoms with Crippen molar-refractivity contribution in [3.63, 3.8) is 0 Å². The molecule has 2 aromatic carbocycles. The first-order chi connectivity index (χ1) is 16.7. The van der Waals surface area contributed by atoms with E-state index in [1.807, 2.05) is 19.1 Å². The van der Waals surface area contributed by atoms with Crippen molar-refractivity contribution in [2.75, 3.05) is 43.4 Å². The Morgan fingerprint density at radius 3 is 2.57 bits per heavy atom. The van der Waals surface area contributed by atoms with Crippen LogP contribution in [0.4, 0.5) is 24.8 Å². The van der Waals surface area contributed by atoms with Gasteiger partial charge in [0, 0.05) is 36.8 Å². The molecule has 1 fully saturated rings. The van der Waals surface area contributed by atoms with Crippen molar-refractivity contribution in [1.29, 1.82) is 0 Å². The monoisotopic (exact) mass is 485 g/mol. The van der Waals surface area contributed by atoms with Crippen LogP contribution in [-0.2, 0) is 4.79 Å². The largest absolute Gasteiger partial charge is 0.573 e. The van der Waals surface area contributed by atoms with Gasteiger partial charge in [-0.3, -0.25) is 4.79 Å². The predicted molar refractivity (Wildman–Crippen MR) is 129 cm³/mol. The SMILES string of the molecule is Cc1nc(N2CCCN(C)CC2)nc2ccc(NC(=O)C=Cc3ccc(OC(F)(F)F)cc3)cc12. The average Bonchev–Trinajstić information content (AvgIpc) is 3.02. The van der Waals surface area contributed by atoms with Gasteiger partial charge in [-0.1, -0.05) is 12.1 Å². The van der Waals surface area contributed by atoms with E-state index in [0.717, 1.165) is 55.1 Å². The summed E-state index contributed by atoms with van der Waals surface area (Å²) < 4.78 is 40.6. The number of aromatic nitrogens is 2. The van der Waals surface area contributed by atoms with E-state index in [1.165, 1.54) is 36.4 Å². The zero-order valence-electron chi connectivity index (χ0n) is 19.5. The molecular weight excluding hydrogens is 459 g/mol. The van der Waals surface area contributed by atoms with Crippen LogP contribution >= 0.6 is 0 Å². The Labute approximate surface area is 201 Å². The lowest BCUT2D eigenvalue weighted by atomic mass is 10.1. The molecule has 0 bridgehead atoms. The molecule has 0 unspecified atom stereocenters. The molecule has 184 valence electrons. The number of likely N-dealkylation sites (N-methyl/N-ethyl adjacent to an activating group) is 1. The fourth-order valence-corrected chi connectivity index (χ4v) is 3.87. The topological polar surface area (TPSA) is 70.6 Å². The summed E-state index contributed by atoms with van der Waals surface area (Å²) in [5.74, 6) is 0.0275. The minimum absolute atomic E-state index is 0.320. The maximum absolute atomic E-state index is 12.4. The number of anilines is 2. The van der Waals surface area contributed by atoms with Crippen LogP contribution in [-0.4, -0.2) is 60.4 Å². The number of aryl methyl sites for hydroxylation is 1. The van der Waals surface area contributed by atoms with Crippen molar-refractivity contribution in [3.05, 3.63) is 59.8 Å². The normalized spacial score (nSPS) is 15.4. The second-order valence-electron chi connectivity index (χ2n) is 8.42. The van der Waals surface area contributed by atoms with Gasteiger partial charge in [0.15, 0.2) is 0 Å². The molecule has 3 aromatic rings. The number of benzene rings is 2. The number of ether oxygens (including phenoxy) is 1. The van der Waals surface area contributed by atoms with Gasteiger partial charge >= 0.3 is 6.36 Å². The first kappa shape index (κ1) is 24.5. The Balaban J connectivity index is 1.42. The van der Waals surface area contributed by atoms with E-state index in [1.54, 1.807) is 6.07 Å². The molecular formula is C25H26F3N5O2. The number of nitrogens with one attached hydrogen (secondary N) is 1. The highest BCUT2D eigenvalue weighted by molar-refractivity contribution is 6.03. The molecule has 7 nitrogen and oxygen atoms in total. The van der Waals surface area contributed by atoms with E-state index < -0.39 is 6.36 Å². The molecule has 35 heavy (non-hydrogen) atoms. The predicted octanol–water partition coefficient (Wildman–Crippen LogP) is 4.63. The van der Waals surface area contributed by atoms with Gasteiger partial charge in [0.2, 0.25) is 11.9 Å². The van der Waals surface area contributed by atoms with E-state index in [2.05, 4.69) is 26.9 Å². The molecule has 0 aliphatic carbocycles. The van der Waals surface area contributed by atoms with Crippen LogP contribution in [0.15, 0.2) is 48.5 Å². The Kier molecular flexibility index (Phi) is 7.20. The molecule has 1 aliphatic heterocycles. The van der Waals surface area contributed by atoms with Crippen molar-refractivity contribution in [3.8, 4) is 5.75 Å². The third-order valence-electron chi connectivity index (χ3n) is 5.69. The minimum Gasteiger partial charge on any atom is -0.406 e. The maximum atomic E-state index is 12.4. The zero-order chi connectivity index (χ0) is 25.0. The van der Waals surface area contributed by atoms with E-state index in [9.17, 15) is 18.0 Å². The number of carbonyl (C=O) groups excluding carboxylic acids is 1. The number of rotatable bonds is 5. The third kappa shape index (κ3) is 6.69. The van der Waals surface area contributed by atoms with Gasteiger partial charge in [0.05, 0.1) is 11.2 Å². The lowest BCUT2D eigenvalue weighted by molar-refractivity contribution is -0.274. The molecule has 1 aliphatic rings. The van der Waals surface area contributed by atoms with Gasteiger partial charge in [-0.05, 0) is 68.9 Å². The minimum atomic E-state index is -4.74. The molecule has 1 aromatic heterocycles. The lowest BCUT2D eigenvalue weighted by Crippen LogP contribution is -2.30. The summed E-state index contributed by atoms with van der Waals surface area (Å²) in [5, 5.41) is 3.64. The third-order valence-corrected chi connectivity index (χ3v) is 5.69. The molecule has 1 amide bonds. The summed E-state index contributed by atoms with van der Waals surface area (Å²) in [5.41, 5.74) is 2.79. The Hall–Kier alpha value is -3.66. The van der Waals surface area contributed by atoms with E-state index in [4.69, 9.17) is 9.97 Å². The van der Waals surface area contributed by atoms with Gasteiger partial charge in [-0.2, -0.15) is 0 Å². The van der Waals surface area contributed by atoms with E-state index >= 15 is 0 Å². The number of hydrogen-bond donors (Lipinski definition) is 1. The number of nitrogens with zero attached hydrogens (tertiary/aromatic N) is 4. The fraction of sp³-hybridized carbons (Fsp3) is 0.320. The quantitative estimate of drug-likeness (QED) is 0.532. The molecule has 0 radical (unpaired) electrons. The summed E-state index contributed by atoms with van der Waals surface area (Å²) in [4.78, 5) is 26.3. The molecule has 0 atom stereocenters. The van der Waals surface area contributed by atoms with Crippen LogP contribution in [0.25, 0.3) is 17.0 Å². The summed E-state index contributed by atoms with van der Waals surface area (Å²) in [6, 6.07) is 10.7. The number of hydrogen-bond acceptors (Lipinski definition) is 6. The molecule has 0 spiro atoms. The fourth-order valence-electron chi connectivity index (χ4n) is 3.87. The first-order valence-corrected chi connectivity index (χ1v) is 11.2. The van der Waals surface area contributed by atoms with Crippen LogP contribution in [0.5, 0.6) is 5.75 Å². The second kappa shape index (κ2) is 10.3. The Morgan fingerprint density at radius 2 is 1.83 bits per heavy atom. The van der Waals surface area contributed by atoms with Crippen molar-refractivity contribution >= 4 is 34.5 Å².